The molecule has 1 fully saturated rings. The normalized spacial score (nSPS) is 19.1. The van der Waals surface area contributed by atoms with Crippen LogP contribution in [-0.2, 0) is 19.0 Å². The van der Waals surface area contributed by atoms with Crippen molar-refractivity contribution in [2.45, 2.75) is 38.2 Å². The van der Waals surface area contributed by atoms with Crippen molar-refractivity contribution in [1.82, 2.24) is 0 Å². The highest BCUT2D eigenvalue weighted by molar-refractivity contribution is 5.77. The lowest BCUT2D eigenvalue weighted by Crippen LogP contribution is -2.47. The third kappa shape index (κ3) is 4.61. The van der Waals surface area contributed by atoms with E-state index in [0.29, 0.717) is 45.9 Å². The van der Waals surface area contributed by atoms with Gasteiger partial charge in [-0.15, -0.1) is 0 Å². The van der Waals surface area contributed by atoms with Crippen LogP contribution in [0.2, 0.25) is 0 Å². The highest BCUT2D eigenvalue weighted by Crippen LogP contribution is 2.25. The summed E-state index contributed by atoms with van der Waals surface area (Å²) >= 11 is 0. The summed E-state index contributed by atoms with van der Waals surface area (Å²) in [5.41, 5.74) is -1.06. The second-order valence-electron chi connectivity index (χ2n) is 4.23. The van der Waals surface area contributed by atoms with E-state index in [1.165, 1.54) is 0 Å². The van der Waals surface area contributed by atoms with Gasteiger partial charge in [-0.1, -0.05) is 13.3 Å². The standard InChI is InChI=1S/C12H22O5/c1-2-3-6-15-9-10-17-12(11(13)14)4-7-16-8-5-12/h2-10H2,1H3,(H,13,14). The molecule has 0 aromatic rings. The number of aliphatic carboxylic acids is 1. The molecule has 5 heteroatoms. The molecule has 0 atom stereocenters. The number of carboxylic acids is 1. The van der Waals surface area contributed by atoms with Crippen LogP contribution in [0.5, 0.6) is 0 Å². The van der Waals surface area contributed by atoms with E-state index in [9.17, 15) is 9.90 Å². The van der Waals surface area contributed by atoms with Crippen molar-refractivity contribution < 1.29 is 24.1 Å². The van der Waals surface area contributed by atoms with E-state index in [2.05, 4.69) is 6.92 Å². The van der Waals surface area contributed by atoms with E-state index < -0.39 is 11.6 Å². The maximum absolute atomic E-state index is 11.2. The highest BCUT2D eigenvalue weighted by Gasteiger charge is 2.41. The van der Waals surface area contributed by atoms with E-state index in [1.807, 2.05) is 0 Å². The molecule has 17 heavy (non-hydrogen) atoms. The van der Waals surface area contributed by atoms with Gasteiger partial charge in [0.25, 0.3) is 0 Å². The van der Waals surface area contributed by atoms with Gasteiger partial charge in [0.2, 0.25) is 0 Å². The van der Waals surface area contributed by atoms with Gasteiger partial charge >= 0.3 is 5.97 Å². The number of unbranched alkanes of at least 4 members (excludes halogenated alkanes) is 1. The topological polar surface area (TPSA) is 65.0 Å². The molecule has 0 aromatic carbocycles. The number of ether oxygens (including phenoxy) is 3. The molecule has 1 saturated heterocycles. The molecule has 0 spiro atoms. The first-order valence-electron chi connectivity index (χ1n) is 6.24. The molecular weight excluding hydrogens is 224 g/mol. The first-order chi connectivity index (χ1) is 8.21. The zero-order valence-corrected chi connectivity index (χ0v) is 10.4. The summed E-state index contributed by atoms with van der Waals surface area (Å²) in [5.74, 6) is -0.894. The minimum absolute atomic E-state index is 0.329. The summed E-state index contributed by atoms with van der Waals surface area (Å²) in [5, 5.41) is 9.21. The second-order valence-corrected chi connectivity index (χ2v) is 4.23. The number of rotatable bonds is 8. The van der Waals surface area contributed by atoms with Gasteiger partial charge in [-0.25, -0.2) is 4.79 Å². The average molecular weight is 246 g/mol. The minimum Gasteiger partial charge on any atom is -0.479 e. The largest absolute Gasteiger partial charge is 0.479 e. The smallest absolute Gasteiger partial charge is 0.336 e. The zero-order valence-electron chi connectivity index (χ0n) is 10.4. The van der Waals surface area contributed by atoms with Crippen LogP contribution >= 0.6 is 0 Å². The van der Waals surface area contributed by atoms with Gasteiger partial charge in [-0.3, -0.25) is 0 Å². The van der Waals surface area contributed by atoms with Crippen LogP contribution in [0.15, 0.2) is 0 Å². The van der Waals surface area contributed by atoms with E-state index in [1.54, 1.807) is 0 Å². The molecule has 5 nitrogen and oxygen atoms in total. The first kappa shape index (κ1) is 14.4. The fourth-order valence-corrected chi connectivity index (χ4v) is 1.77. The van der Waals surface area contributed by atoms with Crippen molar-refractivity contribution in [1.29, 1.82) is 0 Å². The lowest BCUT2D eigenvalue weighted by molar-refractivity contribution is -0.180. The van der Waals surface area contributed by atoms with Gasteiger partial charge in [-0.05, 0) is 6.42 Å². The monoisotopic (exact) mass is 246 g/mol. The van der Waals surface area contributed by atoms with Crippen LogP contribution in [0, 0.1) is 0 Å². The lowest BCUT2D eigenvalue weighted by Gasteiger charge is -2.32. The van der Waals surface area contributed by atoms with E-state index in [0.717, 1.165) is 12.8 Å². The number of carboxylic acid groups (broad SMARTS) is 1. The third-order valence-electron chi connectivity index (χ3n) is 2.94. The molecule has 0 aliphatic carbocycles. The molecule has 0 unspecified atom stereocenters. The fourth-order valence-electron chi connectivity index (χ4n) is 1.77. The molecule has 100 valence electrons. The Labute approximate surface area is 102 Å². The van der Waals surface area contributed by atoms with Crippen molar-refractivity contribution >= 4 is 5.97 Å². The Balaban J connectivity index is 2.23. The summed E-state index contributed by atoms with van der Waals surface area (Å²) in [7, 11) is 0. The molecule has 1 N–H and O–H groups in total. The summed E-state index contributed by atoms with van der Waals surface area (Å²) in [6, 6.07) is 0. The molecule has 0 aromatic heterocycles. The molecular formula is C12H22O5. The molecule has 0 radical (unpaired) electrons. The molecule has 0 saturated carbocycles. The second kappa shape index (κ2) is 7.63. The summed E-state index contributed by atoms with van der Waals surface area (Å²) in [6.07, 6.45) is 2.95. The first-order valence-corrected chi connectivity index (χ1v) is 6.24. The summed E-state index contributed by atoms with van der Waals surface area (Å²) in [4.78, 5) is 11.2. The Morgan fingerprint density at radius 3 is 2.59 bits per heavy atom. The highest BCUT2D eigenvalue weighted by atomic mass is 16.6. The number of hydrogen-bond donors (Lipinski definition) is 1. The maximum Gasteiger partial charge on any atom is 0.336 e. The maximum atomic E-state index is 11.2. The summed E-state index contributed by atoms with van der Waals surface area (Å²) in [6.45, 7) is 4.49. The van der Waals surface area contributed by atoms with Gasteiger partial charge in [0, 0.05) is 32.7 Å². The molecule has 1 rings (SSSR count). The number of hydrogen-bond acceptors (Lipinski definition) is 4. The quantitative estimate of drug-likeness (QED) is 0.657. The average Bonchev–Trinajstić information content (AvgIpc) is 2.34. The molecule has 0 amide bonds. The Kier molecular flexibility index (Phi) is 6.47. The molecule has 1 heterocycles. The van der Waals surface area contributed by atoms with Gasteiger partial charge in [-0.2, -0.15) is 0 Å². The zero-order chi connectivity index (χ0) is 12.6. The van der Waals surface area contributed by atoms with Crippen molar-refractivity contribution in [3.63, 3.8) is 0 Å². The third-order valence-corrected chi connectivity index (χ3v) is 2.94. The van der Waals surface area contributed by atoms with Crippen LogP contribution in [0.4, 0.5) is 0 Å². The van der Waals surface area contributed by atoms with Crippen LogP contribution in [0.3, 0.4) is 0 Å². The van der Waals surface area contributed by atoms with Gasteiger partial charge in [0.05, 0.1) is 13.2 Å². The van der Waals surface area contributed by atoms with Crippen molar-refractivity contribution in [3.05, 3.63) is 0 Å². The minimum atomic E-state index is -1.06. The Hall–Kier alpha value is -0.650. The Bertz CT molecular complexity index is 223. The molecule has 0 bridgehead atoms. The van der Waals surface area contributed by atoms with Crippen molar-refractivity contribution in [2.24, 2.45) is 0 Å². The molecule has 1 aliphatic rings. The Morgan fingerprint density at radius 2 is 2.00 bits per heavy atom. The van der Waals surface area contributed by atoms with Gasteiger partial charge in [0.15, 0.2) is 5.60 Å². The van der Waals surface area contributed by atoms with E-state index in [-0.39, 0.29) is 0 Å². The predicted molar refractivity (Wildman–Crippen MR) is 62.1 cm³/mol. The Morgan fingerprint density at radius 1 is 1.29 bits per heavy atom. The van der Waals surface area contributed by atoms with Gasteiger partial charge < -0.3 is 19.3 Å². The summed E-state index contributed by atoms with van der Waals surface area (Å²) < 4.78 is 16.0. The van der Waals surface area contributed by atoms with E-state index >= 15 is 0 Å². The van der Waals surface area contributed by atoms with Crippen LogP contribution in [0.25, 0.3) is 0 Å². The SMILES string of the molecule is CCCCOCCOC1(C(=O)O)CCOCC1. The van der Waals surface area contributed by atoms with Crippen molar-refractivity contribution in [3.8, 4) is 0 Å². The van der Waals surface area contributed by atoms with Crippen LogP contribution in [-0.4, -0.2) is 49.7 Å². The van der Waals surface area contributed by atoms with Gasteiger partial charge in [0.1, 0.15) is 0 Å². The van der Waals surface area contributed by atoms with Crippen molar-refractivity contribution in [2.75, 3.05) is 33.0 Å². The van der Waals surface area contributed by atoms with Crippen LogP contribution < -0.4 is 0 Å². The van der Waals surface area contributed by atoms with Crippen LogP contribution in [0.1, 0.15) is 32.6 Å². The lowest BCUT2D eigenvalue weighted by atomic mass is 9.94. The predicted octanol–water partition coefficient (Wildman–Crippen LogP) is 1.45. The molecule has 1 aliphatic heterocycles. The fraction of sp³-hybridized carbons (Fsp3) is 0.917. The van der Waals surface area contributed by atoms with E-state index in [4.69, 9.17) is 14.2 Å². The number of carbonyl (C=O) groups is 1.